The summed E-state index contributed by atoms with van der Waals surface area (Å²) < 4.78 is 0. The fraction of sp³-hybridized carbons (Fsp3) is 0.684. The Morgan fingerprint density at radius 1 is 1.12 bits per heavy atom. The molecule has 2 saturated heterocycles. The van der Waals surface area contributed by atoms with Gasteiger partial charge in [0.05, 0.1) is 12.1 Å². The number of carbonyl (C=O) groups excluding carboxylic acids is 2. The fourth-order valence-corrected chi connectivity index (χ4v) is 4.50. The second-order valence-electron chi connectivity index (χ2n) is 7.72. The summed E-state index contributed by atoms with van der Waals surface area (Å²) in [5.74, 6) is 0.929. The number of nitrogens with one attached hydrogen (secondary N) is 1. The van der Waals surface area contributed by atoms with Gasteiger partial charge in [0.1, 0.15) is 5.82 Å². The average molecular weight is 357 g/mol. The molecule has 0 radical (unpaired) electrons. The normalized spacial score (nSPS) is 25.1. The molecule has 1 aliphatic carbocycles. The van der Waals surface area contributed by atoms with E-state index < -0.39 is 0 Å². The summed E-state index contributed by atoms with van der Waals surface area (Å²) in [7, 11) is 0. The third-order valence-corrected chi connectivity index (χ3v) is 6.01. The molecule has 0 aromatic carbocycles. The molecule has 0 unspecified atom stereocenters. The highest BCUT2D eigenvalue weighted by molar-refractivity contribution is 5.89. The van der Waals surface area contributed by atoms with Crippen molar-refractivity contribution in [1.29, 1.82) is 0 Å². The molecule has 7 heteroatoms. The van der Waals surface area contributed by atoms with Gasteiger partial charge in [0.25, 0.3) is 0 Å². The van der Waals surface area contributed by atoms with Gasteiger partial charge in [0.15, 0.2) is 0 Å². The van der Waals surface area contributed by atoms with Gasteiger partial charge in [-0.2, -0.15) is 0 Å². The monoisotopic (exact) mass is 357 g/mol. The van der Waals surface area contributed by atoms with Crippen LogP contribution in [0.25, 0.3) is 0 Å². The minimum absolute atomic E-state index is 0.0526. The molecule has 2 amide bonds. The number of likely N-dealkylation sites (tertiary alicyclic amines) is 1. The van der Waals surface area contributed by atoms with Crippen molar-refractivity contribution < 1.29 is 9.59 Å². The number of anilines is 1. The molecular weight excluding hydrogens is 330 g/mol. The first-order valence-electron chi connectivity index (χ1n) is 9.81. The quantitative estimate of drug-likeness (QED) is 0.880. The van der Waals surface area contributed by atoms with E-state index in [1.54, 1.807) is 18.6 Å². The Kier molecular flexibility index (Phi) is 5.04. The van der Waals surface area contributed by atoms with Gasteiger partial charge in [-0.05, 0) is 25.7 Å². The third-order valence-electron chi connectivity index (χ3n) is 6.01. The van der Waals surface area contributed by atoms with Gasteiger partial charge in [-0.25, -0.2) is 4.98 Å². The zero-order valence-corrected chi connectivity index (χ0v) is 15.1. The van der Waals surface area contributed by atoms with Crippen LogP contribution in [0.4, 0.5) is 5.82 Å². The third kappa shape index (κ3) is 3.66. The van der Waals surface area contributed by atoms with Gasteiger partial charge >= 0.3 is 0 Å². The van der Waals surface area contributed by atoms with Crippen molar-refractivity contribution in [3.05, 3.63) is 18.6 Å². The van der Waals surface area contributed by atoms with Gasteiger partial charge in [-0.3, -0.25) is 14.6 Å². The second kappa shape index (κ2) is 7.60. The maximum atomic E-state index is 12.6. The fourth-order valence-electron chi connectivity index (χ4n) is 4.50. The van der Waals surface area contributed by atoms with Gasteiger partial charge < -0.3 is 15.1 Å². The summed E-state index contributed by atoms with van der Waals surface area (Å²) in [6.45, 7) is 2.33. The van der Waals surface area contributed by atoms with Crippen molar-refractivity contribution in [3.8, 4) is 0 Å². The lowest BCUT2D eigenvalue weighted by Crippen LogP contribution is -2.47. The lowest BCUT2D eigenvalue weighted by Gasteiger charge is -2.33. The minimum Gasteiger partial charge on any atom is -0.355 e. The van der Waals surface area contributed by atoms with Gasteiger partial charge in [-0.15, -0.1) is 0 Å². The summed E-state index contributed by atoms with van der Waals surface area (Å²) in [5.41, 5.74) is 0. The number of amides is 2. The second-order valence-corrected chi connectivity index (χ2v) is 7.72. The summed E-state index contributed by atoms with van der Waals surface area (Å²) >= 11 is 0. The molecule has 7 nitrogen and oxygen atoms in total. The topological polar surface area (TPSA) is 78.4 Å². The predicted molar refractivity (Wildman–Crippen MR) is 97.5 cm³/mol. The van der Waals surface area contributed by atoms with E-state index >= 15 is 0 Å². The van der Waals surface area contributed by atoms with Crippen LogP contribution in [0.2, 0.25) is 0 Å². The van der Waals surface area contributed by atoms with E-state index in [1.165, 1.54) is 12.8 Å². The Labute approximate surface area is 154 Å². The summed E-state index contributed by atoms with van der Waals surface area (Å²) in [4.78, 5) is 37.6. The van der Waals surface area contributed by atoms with Crippen LogP contribution < -0.4 is 10.2 Å². The van der Waals surface area contributed by atoms with Crippen molar-refractivity contribution >= 4 is 17.6 Å². The van der Waals surface area contributed by atoms with Crippen molar-refractivity contribution in [2.75, 3.05) is 24.5 Å². The Morgan fingerprint density at radius 3 is 2.58 bits per heavy atom. The zero-order valence-electron chi connectivity index (χ0n) is 15.1. The maximum absolute atomic E-state index is 12.6. The number of carbonyl (C=O) groups is 2. The Hall–Kier alpha value is -2.18. The first-order chi connectivity index (χ1) is 12.7. The van der Waals surface area contributed by atoms with E-state index in [0.29, 0.717) is 19.0 Å². The van der Waals surface area contributed by atoms with E-state index in [0.717, 1.165) is 44.6 Å². The largest absolute Gasteiger partial charge is 0.355 e. The SMILES string of the molecule is O=C(NC1CCN(c2cnccn2)CC1)[C@H]1CC(=O)N(C2CCCC2)C1. The molecule has 26 heavy (non-hydrogen) atoms. The smallest absolute Gasteiger partial charge is 0.225 e. The van der Waals surface area contributed by atoms with Crippen molar-refractivity contribution in [2.24, 2.45) is 5.92 Å². The Balaban J connectivity index is 1.26. The van der Waals surface area contributed by atoms with Crippen LogP contribution in [-0.4, -0.2) is 58.4 Å². The molecule has 3 fully saturated rings. The number of hydrogen-bond donors (Lipinski definition) is 1. The molecule has 1 aromatic heterocycles. The van der Waals surface area contributed by atoms with E-state index in [1.807, 2.05) is 4.90 Å². The molecule has 1 aromatic rings. The van der Waals surface area contributed by atoms with E-state index in [4.69, 9.17) is 0 Å². The summed E-state index contributed by atoms with van der Waals surface area (Å²) in [6, 6.07) is 0.557. The molecule has 140 valence electrons. The molecule has 2 aliphatic heterocycles. The van der Waals surface area contributed by atoms with Gasteiger partial charge in [0, 0.05) is 50.5 Å². The zero-order chi connectivity index (χ0) is 17.9. The minimum atomic E-state index is -0.180. The molecule has 4 rings (SSSR count). The number of nitrogens with zero attached hydrogens (tertiary/aromatic N) is 4. The van der Waals surface area contributed by atoms with Gasteiger partial charge in [0.2, 0.25) is 11.8 Å². The first kappa shape index (κ1) is 17.2. The first-order valence-corrected chi connectivity index (χ1v) is 9.81. The molecule has 3 heterocycles. The molecule has 3 aliphatic rings. The van der Waals surface area contributed by atoms with Crippen LogP contribution in [0.15, 0.2) is 18.6 Å². The molecule has 1 N–H and O–H groups in total. The maximum Gasteiger partial charge on any atom is 0.225 e. The van der Waals surface area contributed by atoms with Crippen LogP contribution >= 0.6 is 0 Å². The number of rotatable bonds is 4. The number of piperidine rings is 1. The summed E-state index contributed by atoms with van der Waals surface area (Å²) in [6.07, 6.45) is 11.9. The standard InChI is InChI=1S/C19H27N5O2/c25-18-11-14(13-24(18)16-3-1-2-4-16)19(26)22-15-5-9-23(10-6-15)17-12-20-7-8-21-17/h7-8,12,14-16H,1-6,9-11,13H2,(H,22,26)/t14-/m0/s1. The van der Waals surface area contributed by atoms with E-state index in [2.05, 4.69) is 20.2 Å². The molecule has 1 atom stereocenters. The molecule has 0 bridgehead atoms. The summed E-state index contributed by atoms with van der Waals surface area (Å²) in [5, 5.41) is 3.18. The molecule has 1 saturated carbocycles. The van der Waals surface area contributed by atoms with E-state index in [9.17, 15) is 9.59 Å². The lowest BCUT2D eigenvalue weighted by atomic mass is 10.0. The highest BCUT2D eigenvalue weighted by Gasteiger charge is 2.39. The van der Waals surface area contributed by atoms with E-state index in [-0.39, 0.29) is 23.8 Å². The highest BCUT2D eigenvalue weighted by atomic mass is 16.2. The van der Waals surface area contributed by atoms with Crippen molar-refractivity contribution in [2.45, 2.75) is 57.0 Å². The predicted octanol–water partition coefficient (Wildman–Crippen LogP) is 1.35. The molecule has 0 spiro atoms. The Morgan fingerprint density at radius 2 is 1.88 bits per heavy atom. The van der Waals surface area contributed by atoms with Crippen molar-refractivity contribution in [1.82, 2.24) is 20.2 Å². The highest BCUT2D eigenvalue weighted by Crippen LogP contribution is 2.29. The Bertz CT molecular complexity index is 639. The van der Waals surface area contributed by atoms with Gasteiger partial charge in [-0.1, -0.05) is 12.8 Å². The van der Waals surface area contributed by atoms with Crippen LogP contribution in [0.1, 0.15) is 44.9 Å². The number of aromatic nitrogens is 2. The van der Waals surface area contributed by atoms with Crippen LogP contribution in [0, 0.1) is 5.92 Å². The van der Waals surface area contributed by atoms with Crippen molar-refractivity contribution in [3.63, 3.8) is 0 Å². The lowest BCUT2D eigenvalue weighted by molar-refractivity contribution is -0.130. The van der Waals surface area contributed by atoms with Crippen LogP contribution in [-0.2, 0) is 9.59 Å². The number of hydrogen-bond acceptors (Lipinski definition) is 5. The van der Waals surface area contributed by atoms with Crippen LogP contribution in [0.3, 0.4) is 0 Å². The molecular formula is C19H27N5O2. The average Bonchev–Trinajstić information content (AvgIpc) is 3.32. The van der Waals surface area contributed by atoms with Crippen LogP contribution in [0.5, 0.6) is 0 Å².